The molecule has 0 aliphatic heterocycles. The van der Waals surface area contributed by atoms with Crippen LogP contribution in [0.25, 0.3) is 0 Å². The topological polar surface area (TPSA) is 35.2 Å². The van der Waals surface area contributed by atoms with Crippen molar-refractivity contribution < 1.29 is 4.74 Å². The molecule has 1 unspecified atom stereocenters. The van der Waals surface area contributed by atoms with Crippen molar-refractivity contribution in [1.29, 1.82) is 0 Å². The molecule has 2 heteroatoms. The Morgan fingerprint density at radius 3 is 1.95 bits per heavy atom. The van der Waals surface area contributed by atoms with E-state index in [1.165, 1.54) is 16.7 Å². The van der Waals surface area contributed by atoms with Crippen molar-refractivity contribution in [3.63, 3.8) is 0 Å². The molecule has 0 spiro atoms. The lowest BCUT2D eigenvalue weighted by Gasteiger charge is -2.20. The van der Waals surface area contributed by atoms with Crippen molar-refractivity contribution in [3.05, 3.63) is 28.8 Å². The second-order valence-corrected chi connectivity index (χ2v) is 5.49. The highest BCUT2D eigenvalue weighted by molar-refractivity contribution is 5.43. The van der Waals surface area contributed by atoms with Crippen LogP contribution in [-0.4, -0.2) is 12.1 Å². The molecule has 1 aromatic rings. The predicted molar refractivity (Wildman–Crippen MR) is 82.9 cm³/mol. The van der Waals surface area contributed by atoms with Crippen LogP contribution in [0.1, 0.15) is 56.7 Å². The van der Waals surface area contributed by atoms with Gasteiger partial charge in [0.05, 0.1) is 6.10 Å². The molecule has 0 aliphatic carbocycles. The maximum Gasteiger partial charge on any atom is 0.125 e. The van der Waals surface area contributed by atoms with Gasteiger partial charge in [0, 0.05) is 6.04 Å². The summed E-state index contributed by atoms with van der Waals surface area (Å²) in [6, 6.07) is 4.70. The quantitative estimate of drug-likeness (QED) is 0.802. The van der Waals surface area contributed by atoms with Gasteiger partial charge in [-0.2, -0.15) is 0 Å². The number of benzene rings is 1. The lowest BCUT2D eigenvalue weighted by Crippen LogP contribution is -2.21. The van der Waals surface area contributed by atoms with Crippen molar-refractivity contribution in [2.24, 2.45) is 5.73 Å². The minimum absolute atomic E-state index is 0.254. The van der Waals surface area contributed by atoms with Gasteiger partial charge in [0.15, 0.2) is 0 Å². The minimum Gasteiger partial charge on any atom is -0.490 e. The first-order valence-electron chi connectivity index (χ1n) is 7.54. The minimum atomic E-state index is 0.254. The summed E-state index contributed by atoms with van der Waals surface area (Å²) in [6.07, 6.45) is 4.39. The van der Waals surface area contributed by atoms with Crippen LogP contribution in [0.5, 0.6) is 5.75 Å². The second-order valence-electron chi connectivity index (χ2n) is 5.49. The number of hydrogen-bond donors (Lipinski definition) is 1. The first-order valence-corrected chi connectivity index (χ1v) is 7.54. The molecule has 0 aliphatic rings. The third-order valence-corrected chi connectivity index (χ3v) is 3.74. The van der Waals surface area contributed by atoms with Gasteiger partial charge >= 0.3 is 0 Å². The Hall–Kier alpha value is -1.02. The maximum atomic E-state index is 6.13. The van der Waals surface area contributed by atoms with Gasteiger partial charge in [0.25, 0.3) is 0 Å². The van der Waals surface area contributed by atoms with E-state index in [2.05, 4.69) is 46.8 Å². The van der Waals surface area contributed by atoms with Crippen LogP contribution in [0.3, 0.4) is 0 Å². The zero-order chi connectivity index (χ0) is 14.4. The number of ether oxygens (including phenoxy) is 1. The Morgan fingerprint density at radius 2 is 1.53 bits per heavy atom. The van der Waals surface area contributed by atoms with Crippen LogP contribution in [-0.2, 0) is 6.42 Å². The van der Waals surface area contributed by atoms with Gasteiger partial charge in [0.2, 0.25) is 0 Å². The van der Waals surface area contributed by atoms with Crippen LogP contribution in [0, 0.1) is 13.8 Å². The van der Waals surface area contributed by atoms with E-state index in [-0.39, 0.29) is 6.04 Å². The van der Waals surface area contributed by atoms with E-state index in [0.29, 0.717) is 6.10 Å². The normalized spacial score (nSPS) is 12.8. The highest BCUT2D eigenvalue weighted by atomic mass is 16.5. The molecule has 2 N–H and O–H groups in total. The Kier molecular flexibility index (Phi) is 6.36. The molecule has 0 radical (unpaired) electrons. The van der Waals surface area contributed by atoms with Crippen LogP contribution >= 0.6 is 0 Å². The number of rotatable bonds is 7. The molecule has 0 saturated carbocycles. The van der Waals surface area contributed by atoms with Gasteiger partial charge in [0.1, 0.15) is 5.75 Å². The Balaban J connectivity index is 2.90. The molecule has 2 nitrogen and oxygen atoms in total. The first kappa shape index (κ1) is 16.0. The first-order chi connectivity index (χ1) is 9.01. The third kappa shape index (κ3) is 4.54. The second kappa shape index (κ2) is 7.54. The van der Waals surface area contributed by atoms with Gasteiger partial charge in [-0.05, 0) is 56.2 Å². The van der Waals surface area contributed by atoms with E-state index in [0.717, 1.165) is 31.4 Å². The number of hydrogen-bond acceptors (Lipinski definition) is 2. The van der Waals surface area contributed by atoms with E-state index in [1.54, 1.807) is 0 Å². The molecule has 0 amide bonds. The molecular weight excluding hydrogens is 234 g/mol. The van der Waals surface area contributed by atoms with Crippen LogP contribution < -0.4 is 10.5 Å². The SMILES string of the molecule is CCC(N)Cc1cc(C)c(OC(CC)CC)c(C)c1. The van der Waals surface area contributed by atoms with E-state index in [9.17, 15) is 0 Å². The lowest BCUT2D eigenvalue weighted by molar-refractivity contribution is 0.190. The van der Waals surface area contributed by atoms with Crippen molar-refractivity contribution in [3.8, 4) is 5.75 Å². The zero-order valence-corrected chi connectivity index (χ0v) is 13.1. The van der Waals surface area contributed by atoms with Gasteiger partial charge in [-0.3, -0.25) is 0 Å². The molecule has 0 bridgehead atoms. The molecule has 1 rings (SSSR count). The monoisotopic (exact) mass is 263 g/mol. The van der Waals surface area contributed by atoms with Crippen molar-refractivity contribution >= 4 is 0 Å². The maximum absolute atomic E-state index is 6.13. The standard InChI is InChI=1S/C17H29NO/c1-6-15(18)11-14-9-12(4)17(13(5)10-14)19-16(7-2)8-3/h9-10,15-16H,6-8,11,18H2,1-5H3. The van der Waals surface area contributed by atoms with Gasteiger partial charge in [-0.25, -0.2) is 0 Å². The largest absolute Gasteiger partial charge is 0.490 e. The molecule has 19 heavy (non-hydrogen) atoms. The predicted octanol–water partition coefficient (Wildman–Crippen LogP) is 4.15. The van der Waals surface area contributed by atoms with Crippen LogP contribution in [0.2, 0.25) is 0 Å². The third-order valence-electron chi connectivity index (χ3n) is 3.74. The summed E-state index contributed by atoms with van der Waals surface area (Å²) in [4.78, 5) is 0. The molecule has 0 fully saturated rings. The summed E-state index contributed by atoms with van der Waals surface area (Å²) in [5, 5.41) is 0. The summed E-state index contributed by atoms with van der Waals surface area (Å²) >= 11 is 0. The van der Waals surface area contributed by atoms with Crippen molar-refractivity contribution in [1.82, 2.24) is 0 Å². The van der Waals surface area contributed by atoms with Gasteiger partial charge in [-0.1, -0.05) is 32.9 Å². The summed E-state index contributed by atoms with van der Waals surface area (Å²) in [7, 11) is 0. The number of aryl methyl sites for hydroxylation is 2. The lowest BCUT2D eigenvalue weighted by atomic mass is 9.99. The Bertz CT molecular complexity index is 373. The van der Waals surface area contributed by atoms with Crippen molar-refractivity contribution in [2.75, 3.05) is 0 Å². The van der Waals surface area contributed by atoms with E-state index >= 15 is 0 Å². The average molecular weight is 263 g/mol. The molecule has 1 atom stereocenters. The highest BCUT2D eigenvalue weighted by Crippen LogP contribution is 2.27. The molecule has 0 heterocycles. The van der Waals surface area contributed by atoms with E-state index in [4.69, 9.17) is 10.5 Å². The number of nitrogens with two attached hydrogens (primary N) is 1. The molecule has 0 saturated heterocycles. The van der Waals surface area contributed by atoms with E-state index in [1.807, 2.05) is 0 Å². The summed E-state index contributed by atoms with van der Waals surface area (Å²) < 4.78 is 6.13. The summed E-state index contributed by atoms with van der Waals surface area (Å²) in [5.74, 6) is 1.06. The molecule has 1 aromatic carbocycles. The van der Waals surface area contributed by atoms with Crippen LogP contribution in [0.15, 0.2) is 12.1 Å². The Morgan fingerprint density at radius 1 is 1.00 bits per heavy atom. The highest BCUT2D eigenvalue weighted by Gasteiger charge is 2.12. The molecule has 108 valence electrons. The summed E-state index contributed by atoms with van der Waals surface area (Å²) in [6.45, 7) is 10.7. The van der Waals surface area contributed by atoms with Gasteiger partial charge < -0.3 is 10.5 Å². The average Bonchev–Trinajstić information content (AvgIpc) is 2.38. The molecular formula is C17H29NO. The molecule has 0 aromatic heterocycles. The fourth-order valence-electron chi connectivity index (χ4n) is 2.41. The summed E-state index contributed by atoms with van der Waals surface area (Å²) in [5.41, 5.74) is 9.81. The van der Waals surface area contributed by atoms with Crippen LogP contribution in [0.4, 0.5) is 0 Å². The fourth-order valence-corrected chi connectivity index (χ4v) is 2.41. The smallest absolute Gasteiger partial charge is 0.125 e. The Labute approximate surface area is 118 Å². The van der Waals surface area contributed by atoms with Gasteiger partial charge in [-0.15, -0.1) is 0 Å². The van der Waals surface area contributed by atoms with Crippen molar-refractivity contribution in [2.45, 2.75) is 72.4 Å². The van der Waals surface area contributed by atoms with E-state index < -0.39 is 0 Å². The fraction of sp³-hybridized carbons (Fsp3) is 0.647. The zero-order valence-electron chi connectivity index (χ0n) is 13.1.